The molecule has 5 aromatic rings. The Morgan fingerprint density at radius 2 is 1.70 bits per heavy atom. The molecule has 0 radical (unpaired) electrons. The van der Waals surface area contributed by atoms with Crippen LogP contribution in [-0.4, -0.2) is 34.8 Å². The third-order valence-corrected chi connectivity index (χ3v) is 4.72. The zero-order chi connectivity index (χ0) is 20.5. The van der Waals surface area contributed by atoms with Gasteiger partial charge in [-0.2, -0.15) is 4.52 Å². The minimum Gasteiger partial charge on any atom is -0.360 e. The van der Waals surface area contributed by atoms with Crippen LogP contribution in [0.5, 0.6) is 0 Å². The molecule has 1 atom stereocenters. The molecule has 1 N–H and O–H groups in total. The van der Waals surface area contributed by atoms with E-state index in [-0.39, 0.29) is 11.9 Å². The number of hydrogen-bond donors (Lipinski definition) is 1. The van der Waals surface area contributed by atoms with Gasteiger partial charge in [0.2, 0.25) is 0 Å². The van der Waals surface area contributed by atoms with Crippen LogP contribution in [0.3, 0.4) is 0 Å². The van der Waals surface area contributed by atoms with E-state index in [9.17, 15) is 4.39 Å². The number of fused-ring (bicyclic) bond motifs is 1. The lowest BCUT2D eigenvalue weighted by Gasteiger charge is -2.11. The van der Waals surface area contributed by atoms with Crippen molar-refractivity contribution >= 4 is 11.5 Å². The molecule has 0 bridgehead atoms. The Morgan fingerprint density at radius 3 is 2.53 bits per heavy atom. The van der Waals surface area contributed by atoms with Crippen LogP contribution in [0.15, 0.2) is 72.9 Å². The second-order valence-corrected chi connectivity index (χ2v) is 6.78. The molecule has 30 heavy (non-hydrogen) atoms. The van der Waals surface area contributed by atoms with Crippen molar-refractivity contribution in [1.29, 1.82) is 0 Å². The molecule has 0 amide bonds. The second-order valence-electron chi connectivity index (χ2n) is 6.78. The van der Waals surface area contributed by atoms with Crippen molar-refractivity contribution in [3.8, 4) is 17.1 Å². The van der Waals surface area contributed by atoms with Crippen molar-refractivity contribution in [2.75, 3.05) is 5.32 Å². The van der Waals surface area contributed by atoms with E-state index in [1.54, 1.807) is 35.0 Å². The summed E-state index contributed by atoms with van der Waals surface area (Å²) in [4.78, 5) is 0. The van der Waals surface area contributed by atoms with Crippen LogP contribution >= 0.6 is 0 Å². The highest BCUT2D eigenvalue weighted by molar-refractivity contribution is 5.60. The van der Waals surface area contributed by atoms with E-state index in [4.69, 9.17) is 0 Å². The Hall–Kier alpha value is -4.14. The SMILES string of the molecule is CC(Nc1ccc2nnc(-c3ccccc3F)n2n1)c1cn(-c2ccccc2)nn1. The minimum atomic E-state index is -0.377. The van der Waals surface area contributed by atoms with Gasteiger partial charge in [0, 0.05) is 0 Å². The first-order chi connectivity index (χ1) is 14.7. The third kappa shape index (κ3) is 3.26. The summed E-state index contributed by atoms with van der Waals surface area (Å²) in [6.07, 6.45) is 1.87. The lowest BCUT2D eigenvalue weighted by molar-refractivity contribution is 0.629. The van der Waals surface area contributed by atoms with Gasteiger partial charge in [0.15, 0.2) is 11.5 Å². The maximum Gasteiger partial charge on any atom is 0.188 e. The van der Waals surface area contributed by atoms with Crippen molar-refractivity contribution in [3.05, 3.63) is 84.4 Å². The number of nitrogens with zero attached hydrogens (tertiary/aromatic N) is 7. The lowest BCUT2D eigenvalue weighted by Crippen LogP contribution is -2.10. The molecular formula is C21H17FN8. The molecule has 0 aliphatic rings. The van der Waals surface area contributed by atoms with Crippen LogP contribution < -0.4 is 5.32 Å². The zero-order valence-corrected chi connectivity index (χ0v) is 16.0. The van der Waals surface area contributed by atoms with Gasteiger partial charge in [-0.05, 0) is 43.3 Å². The quantitative estimate of drug-likeness (QED) is 0.484. The van der Waals surface area contributed by atoms with Crippen molar-refractivity contribution in [1.82, 2.24) is 34.8 Å². The standard InChI is InChI=1S/C21H17FN8/c1-14(18-13-29(28-24-18)15-7-3-2-4-8-15)23-19-11-12-20-25-26-21(30(20)27-19)16-9-5-6-10-17(16)22/h2-14H,1H3,(H,23,27). The van der Waals surface area contributed by atoms with Crippen LogP contribution in [0.1, 0.15) is 18.7 Å². The predicted molar refractivity (Wildman–Crippen MR) is 110 cm³/mol. The molecule has 5 rings (SSSR count). The highest BCUT2D eigenvalue weighted by Crippen LogP contribution is 2.22. The number of benzene rings is 2. The Kier molecular flexibility index (Phi) is 4.40. The van der Waals surface area contributed by atoms with Crippen molar-refractivity contribution < 1.29 is 4.39 Å². The van der Waals surface area contributed by atoms with E-state index in [1.807, 2.05) is 43.5 Å². The van der Waals surface area contributed by atoms with Crippen LogP contribution in [0.2, 0.25) is 0 Å². The van der Waals surface area contributed by atoms with Gasteiger partial charge >= 0.3 is 0 Å². The summed E-state index contributed by atoms with van der Waals surface area (Å²) in [7, 11) is 0. The summed E-state index contributed by atoms with van der Waals surface area (Å²) in [6, 6.07) is 19.6. The molecule has 0 saturated heterocycles. The summed E-state index contributed by atoms with van der Waals surface area (Å²) < 4.78 is 17.5. The molecule has 148 valence electrons. The zero-order valence-electron chi connectivity index (χ0n) is 16.0. The molecule has 0 aliphatic carbocycles. The molecule has 0 aliphatic heterocycles. The molecule has 0 spiro atoms. The molecule has 8 nitrogen and oxygen atoms in total. The Balaban J connectivity index is 1.42. The summed E-state index contributed by atoms with van der Waals surface area (Å²) in [6.45, 7) is 1.97. The normalized spacial score (nSPS) is 12.2. The number of aromatic nitrogens is 7. The maximum absolute atomic E-state index is 14.2. The second kappa shape index (κ2) is 7.36. The number of halogens is 1. The van der Waals surface area contributed by atoms with Gasteiger partial charge in [0.05, 0.1) is 23.5 Å². The molecule has 2 aromatic carbocycles. The predicted octanol–water partition coefficient (Wildman–Crippen LogP) is 3.68. The van der Waals surface area contributed by atoms with Crippen LogP contribution in [0.25, 0.3) is 22.7 Å². The maximum atomic E-state index is 14.2. The number of rotatable bonds is 5. The van der Waals surface area contributed by atoms with Gasteiger partial charge in [0.25, 0.3) is 0 Å². The van der Waals surface area contributed by atoms with E-state index in [0.29, 0.717) is 22.9 Å². The summed E-state index contributed by atoms with van der Waals surface area (Å²) >= 11 is 0. The van der Waals surface area contributed by atoms with Crippen LogP contribution in [0.4, 0.5) is 10.2 Å². The van der Waals surface area contributed by atoms with E-state index in [1.165, 1.54) is 10.6 Å². The average Bonchev–Trinajstić information content (AvgIpc) is 3.42. The van der Waals surface area contributed by atoms with Gasteiger partial charge in [-0.25, -0.2) is 9.07 Å². The first kappa shape index (κ1) is 17.9. The number of anilines is 1. The fourth-order valence-corrected chi connectivity index (χ4v) is 3.15. The van der Waals surface area contributed by atoms with Gasteiger partial charge in [-0.3, -0.25) is 0 Å². The molecule has 3 aromatic heterocycles. The summed E-state index contributed by atoms with van der Waals surface area (Å²) in [5.41, 5.74) is 2.57. The highest BCUT2D eigenvalue weighted by atomic mass is 19.1. The first-order valence-corrected chi connectivity index (χ1v) is 9.40. The van der Waals surface area contributed by atoms with Gasteiger partial charge in [-0.1, -0.05) is 35.5 Å². The fraction of sp³-hybridized carbons (Fsp3) is 0.0952. The van der Waals surface area contributed by atoms with Crippen LogP contribution in [-0.2, 0) is 0 Å². The minimum absolute atomic E-state index is 0.152. The summed E-state index contributed by atoms with van der Waals surface area (Å²) in [5, 5.41) is 24.5. The Bertz CT molecular complexity index is 1310. The Morgan fingerprint density at radius 1 is 0.900 bits per heavy atom. The van der Waals surface area contributed by atoms with E-state index in [0.717, 1.165) is 11.4 Å². The van der Waals surface area contributed by atoms with E-state index < -0.39 is 0 Å². The van der Waals surface area contributed by atoms with E-state index >= 15 is 0 Å². The third-order valence-electron chi connectivity index (χ3n) is 4.72. The van der Waals surface area contributed by atoms with Crippen molar-refractivity contribution in [2.24, 2.45) is 0 Å². The fourth-order valence-electron chi connectivity index (χ4n) is 3.15. The smallest absolute Gasteiger partial charge is 0.188 e. The van der Waals surface area contributed by atoms with Gasteiger partial charge in [0.1, 0.15) is 17.3 Å². The molecule has 0 fully saturated rings. The molecule has 1 unspecified atom stereocenters. The average molecular weight is 400 g/mol. The van der Waals surface area contributed by atoms with Gasteiger partial charge in [-0.15, -0.1) is 20.4 Å². The van der Waals surface area contributed by atoms with Crippen molar-refractivity contribution in [3.63, 3.8) is 0 Å². The highest BCUT2D eigenvalue weighted by Gasteiger charge is 2.15. The molecule has 3 heterocycles. The lowest BCUT2D eigenvalue weighted by atomic mass is 10.2. The topological polar surface area (TPSA) is 85.8 Å². The Labute approximate surface area is 171 Å². The van der Waals surface area contributed by atoms with Gasteiger partial charge < -0.3 is 5.32 Å². The van der Waals surface area contributed by atoms with Crippen LogP contribution in [0, 0.1) is 5.82 Å². The largest absolute Gasteiger partial charge is 0.360 e. The molecule has 9 heteroatoms. The number of para-hydroxylation sites is 1. The number of nitrogens with one attached hydrogen (secondary N) is 1. The monoisotopic (exact) mass is 400 g/mol. The molecule has 0 saturated carbocycles. The molecular weight excluding hydrogens is 383 g/mol. The number of hydrogen-bond acceptors (Lipinski definition) is 6. The first-order valence-electron chi connectivity index (χ1n) is 9.40. The van der Waals surface area contributed by atoms with Crippen molar-refractivity contribution in [2.45, 2.75) is 13.0 Å². The summed E-state index contributed by atoms with van der Waals surface area (Å²) in [5.74, 6) is 0.550. The van der Waals surface area contributed by atoms with E-state index in [2.05, 4.69) is 30.9 Å².